The summed E-state index contributed by atoms with van der Waals surface area (Å²) in [6.07, 6.45) is 1.70. The highest BCUT2D eigenvalue weighted by molar-refractivity contribution is 5.92. The number of hydrogen-bond donors (Lipinski definition) is 2. The van der Waals surface area contributed by atoms with Gasteiger partial charge >= 0.3 is 0 Å². The number of hydrazine groups is 1. The highest BCUT2D eigenvalue weighted by Gasteiger charge is 2.19. The Hall–Kier alpha value is -0.830. The first-order valence-corrected chi connectivity index (χ1v) is 3.34. The van der Waals surface area contributed by atoms with E-state index in [1.54, 1.807) is 6.08 Å². The SMILES string of the molecule is C=CC1=NCC(C)(C)NN1. The lowest BCUT2D eigenvalue weighted by Gasteiger charge is -2.29. The number of amidine groups is 1. The molecule has 0 aliphatic carbocycles. The average Bonchev–Trinajstić information content (AvgIpc) is 1.88. The third-order valence-electron chi connectivity index (χ3n) is 1.37. The standard InChI is InChI=1S/C7H13N3/c1-4-6-8-5-7(2,3)10-9-6/h4,10H,1,5H2,2-3H3,(H,8,9). The molecule has 0 aromatic rings. The molecule has 0 atom stereocenters. The van der Waals surface area contributed by atoms with Gasteiger partial charge in [0.25, 0.3) is 0 Å². The third-order valence-corrected chi connectivity index (χ3v) is 1.37. The first-order valence-electron chi connectivity index (χ1n) is 3.34. The fourth-order valence-electron chi connectivity index (χ4n) is 0.711. The van der Waals surface area contributed by atoms with E-state index in [0.29, 0.717) is 0 Å². The molecule has 2 N–H and O–H groups in total. The fraction of sp³-hybridized carbons (Fsp3) is 0.571. The van der Waals surface area contributed by atoms with Crippen LogP contribution in [0.25, 0.3) is 0 Å². The van der Waals surface area contributed by atoms with E-state index in [2.05, 4.69) is 36.3 Å². The maximum Gasteiger partial charge on any atom is 0.134 e. The van der Waals surface area contributed by atoms with Crippen LogP contribution in [0.5, 0.6) is 0 Å². The van der Waals surface area contributed by atoms with Crippen molar-refractivity contribution in [2.45, 2.75) is 19.4 Å². The molecule has 1 aliphatic heterocycles. The van der Waals surface area contributed by atoms with Crippen molar-refractivity contribution in [2.75, 3.05) is 6.54 Å². The van der Waals surface area contributed by atoms with Crippen molar-refractivity contribution < 1.29 is 0 Å². The van der Waals surface area contributed by atoms with Crippen LogP contribution in [0.4, 0.5) is 0 Å². The second-order valence-electron chi connectivity index (χ2n) is 3.04. The summed E-state index contributed by atoms with van der Waals surface area (Å²) in [6.45, 7) is 8.57. The topological polar surface area (TPSA) is 36.4 Å². The largest absolute Gasteiger partial charge is 0.306 e. The monoisotopic (exact) mass is 139 g/mol. The van der Waals surface area contributed by atoms with Gasteiger partial charge in [-0.25, -0.2) is 5.43 Å². The van der Waals surface area contributed by atoms with Gasteiger partial charge < -0.3 is 5.43 Å². The lowest BCUT2D eigenvalue weighted by atomic mass is 10.1. The minimum atomic E-state index is 0.0620. The summed E-state index contributed by atoms with van der Waals surface area (Å²) in [6, 6.07) is 0. The molecule has 0 unspecified atom stereocenters. The molecule has 0 fully saturated rings. The zero-order valence-electron chi connectivity index (χ0n) is 6.44. The van der Waals surface area contributed by atoms with Gasteiger partial charge in [-0.15, -0.1) is 0 Å². The van der Waals surface area contributed by atoms with Gasteiger partial charge in [0.15, 0.2) is 0 Å². The van der Waals surface area contributed by atoms with E-state index in [4.69, 9.17) is 0 Å². The van der Waals surface area contributed by atoms with Crippen molar-refractivity contribution in [3.63, 3.8) is 0 Å². The van der Waals surface area contributed by atoms with Crippen LogP contribution in [-0.4, -0.2) is 17.9 Å². The number of nitrogens with one attached hydrogen (secondary N) is 2. The summed E-state index contributed by atoms with van der Waals surface area (Å²) in [5.74, 6) is 0.819. The van der Waals surface area contributed by atoms with Crippen molar-refractivity contribution in [1.29, 1.82) is 0 Å². The van der Waals surface area contributed by atoms with Crippen LogP contribution in [-0.2, 0) is 0 Å². The molecule has 1 heterocycles. The fourth-order valence-corrected chi connectivity index (χ4v) is 0.711. The van der Waals surface area contributed by atoms with E-state index in [0.717, 1.165) is 12.4 Å². The normalized spacial score (nSPS) is 22.8. The van der Waals surface area contributed by atoms with Crippen molar-refractivity contribution in [3.05, 3.63) is 12.7 Å². The summed E-state index contributed by atoms with van der Waals surface area (Å²) >= 11 is 0. The van der Waals surface area contributed by atoms with Crippen LogP contribution in [0, 0.1) is 0 Å². The number of nitrogens with zero attached hydrogens (tertiary/aromatic N) is 1. The van der Waals surface area contributed by atoms with Gasteiger partial charge in [0.2, 0.25) is 0 Å². The Balaban J connectivity index is 2.60. The average molecular weight is 139 g/mol. The van der Waals surface area contributed by atoms with E-state index in [9.17, 15) is 0 Å². The van der Waals surface area contributed by atoms with Crippen LogP contribution in [0.3, 0.4) is 0 Å². The molecular formula is C7H13N3. The number of hydrogen-bond acceptors (Lipinski definition) is 3. The number of rotatable bonds is 1. The molecule has 0 spiro atoms. The van der Waals surface area contributed by atoms with Gasteiger partial charge in [-0.05, 0) is 19.9 Å². The van der Waals surface area contributed by atoms with Crippen molar-refractivity contribution in [2.24, 2.45) is 4.99 Å². The molecule has 1 rings (SSSR count). The predicted molar refractivity (Wildman–Crippen MR) is 42.8 cm³/mol. The summed E-state index contributed by atoms with van der Waals surface area (Å²) < 4.78 is 0. The molecule has 10 heavy (non-hydrogen) atoms. The van der Waals surface area contributed by atoms with Gasteiger partial charge in [0.05, 0.1) is 12.1 Å². The number of aliphatic imine (C=N–C) groups is 1. The molecule has 0 amide bonds. The second kappa shape index (κ2) is 2.42. The zero-order valence-corrected chi connectivity index (χ0v) is 6.44. The Morgan fingerprint density at radius 3 is 2.80 bits per heavy atom. The quantitative estimate of drug-likeness (QED) is 0.553. The molecule has 0 radical (unpaired) electrons. The molecule has 3 heteroatoms. The Kier molecular flexibility index (Phi) is 1.76. The molecule has 1 aliphatic rings. The first kappa shape index (κ1) is 7.28. The van der Waals surface area contributed by atoms with Gasteiger partial charge in [-0.3, -0.25) is 4.99 Å². The van der Waals surface area contributed by atoms with Crippen LogP contribution in [0.2, 0.25) is 0 Å². The van der Waals surface area contributed by atoms with Crippen molar-refractivity contribution in [3.8, 4) is 0 Å². The molecule has 0 aromatic heterocycles. The molecule has 0 bridgehead atoms. The zero-order chi connectivity index (χ0) is 7.61. The summed E-state index contributed by atoms with van der Waals surface area (Å²) in [5.41, 5.74) is 6.11. The Morgan fingerprint density at radius 1 is 1.70 bits per heavy atom. The van der Waals surface area contributed by atoms with Crippen LogP contribution in [0.1, 0.15) is 13.8 Å². The molecule has 0 aromatic carbocycles. The van der Waals surface area contributed by atoms with Crippen molar-refractivity contribution in [1.82, 2.24) is 10.9 Å². The van der Waals surface area contributed by atoms with Gasteiger partial charge in [-0.1, -0.05) is 6.58 Å². The van der Waals surface area contributed by atoms with Gasteiger partial charge in [0.1, 0.15) is 5.84 Å². The molecule has 56 valence electrons. The van der Waals surface area contributed by atoms with Gasteiger partial charge in [-0.2, -0.15) is 0 Å². The lowest BCUT2D eigenvalue weighted by molar-refractivity contribution is 0.362. The van der Waals surface area contributed by atoms with Crippen LogP contribution < -0.4 is 10.9 Å². The van der Waals surface area contributed by atoms with Crippen LogP contribution in [0.15, 0.2) is 17.6 Å². The molecular weight excluding hydrogens is 126 g/mol. The van der Waals surface area contributed by atoms with E-state index in [1.165, 1.54) is 0 Å². The summed E-state index contributed by atoms with van der Waals surface area (Å²) in [4.78, 5) is 4.23. The smallest absolute Gasteiger partial charge is 0.134 e. The first-order chi connectivity index (χ1) is 4.64. The molecule has 0 saturated carbocycles. The van der Waals surface area contributed by atoms with Crippen LogP contribution >= 0.6 is 0 Å². The third kappa shape index (κ3) is 1.57. The van der Waals surface area contributed by atoms with E-state index >= 15 is 0 Å². The van der Waals surface area contributed by atoms with E-state index in [-0.39, 0.29) is 5.54 Å². The second-order valence-corrected chi connectivity index (χ2v) is 3.04. The predicted octanol–water partition coefficient (Wildman–Crippen LogP) is 0.457. The highest BCUT2D eigenvalue weighted by atomic mass is 15.4. The van der Waals surface area contributed by atoms with Crippen molar-refractivity contribution >= 4 is 5.84 Å². The maximum atomic E-state index is 4.23. The van der Waals surface area contributed by atoms with E-state index in [1.807, 2.05) is 0 Å². The minimum absolute atomic E-state index is 0.0620. The van der Waals surface area contributed by atoms with E-state index < -0.39 is 0 Å². The maximum absolute atomic E-state index is 4.23. The Labute approximate surface area is 61.2 Å². The lowest BCUT2D eigenvalue weighted by Crippen LogP contribution is -2.55. The highest BCUT2D eigenvalue weighted by Crippen LogP contribution is 2.03. The Bertz CT molecular complexity index is 170. The minimum Gasteiger partial charge on any atom is -0.306 e. The molecule has 0 saturated heterocycles. The Morgan fingerprint density at radius 2 is 2.40 bits per heavy atom. The molecule has 3 nitrogen and oxygen atoms in total. The summed E-state index contributed by atoms with van der Waals surface area (Å²) in [7, 11) is 0. The summed E-state index contributed by atoms with van der Waals surface area (Å²) in [5, 5.41) is 0. The van der Waals surface area contributed by atoms with Gasteiger partial charge in [0, 0.05) is 0 Å².